The van der Waals surface area contributed by atoms with Crippen molar-refractivity contribution in [3.8, 4) is 11.5 Å². The Bertz CT molecular complexity index is 1260. The van der Waals surface area contributed by atoms with Crippen LogP contribution >= 0.6 is 0 Å². The number of hydrogen-bond acceptors (Lipinski definition) is 7. The lowest BCUT2D eigenvalue weighted by molar-refractivity contribution is -0.385. The molecule has 0 aliphatic carbocycles. The van der Waals surface area contributed by atoms with E-state index < -0.39 is 45.4 Å². The van der Waals surface area contributed by atoms with Crippen LogP contribution in [0.2, 0.25) is 0 Å². The van der Waals surface area contributed by atoms with Gasteiger partial charge in [-0.3, -0.25) is 19.7 Å². The van der Waals surface area contributed by atoms with Crippen molar-refractivity contribution in [2.24, 2.45) is 0 Å². The fourth-order valence-corrected chi connectivity index (χ4v) is 3.07. The number of nitro benzene ring substituents is 1. The van der Waals surface area contributed by atoms with Crippen LogP contribution in [0.4, 0.5) is 30.2 Å². The van der Waals surface area contributed by atoms with Crippen LogP contribution < -0.4 is 20.1 Å². The first-order valence-corrected chi connectivity index (χ1v) is 9.91. The second-order valence-corrected chi connectivity index (χ2v) is 6.85. The van der Waals surface area contributed by atoms with Gasteiger partial charge >= 0.3 is 6.18 Å². The molecular weight excluding hydrogens is 475 g/mol. The lowest BCUT2D eigenvalue weighted by Gasteiger charge is -2.16. The van der Waals surface area contributed by atoms with Gasteiger partial charge in [0.15, 0.2) is 17.3 Å². The maximum absolute atomic E-state index is 13.7. The topological polar surface area (TPSA) is 133 Å². The maximum Gasteiger partial charge on any atom is 0.418 e. The normalized spacial score (nSPS) is 11.0. The minimum absolute atomic E-state index is 0.00205. The van der Waals surface area contributed by atoms with Crippen LogP contribution in [0.15, 0.2) is 53.1 Å². The number of methoxy groups -OCH3 is 1. The SMILES string of the molecule is CCOc1cc(C(=O)Nc2ccc(NC(=O)c3ccco3)cc2C(F)(F)F)c([N+](=O)[O-])cc1OC. The van der Waals surface area contributed by atoms with Gasteiger partial charge in [-0.1, -0.05) is 0 Å². The molecule has 0 spiro atoms. The van der Waals surface area contributed by atoms with Crippen LogP contribution in [0.5, 0.6) is 11.5 Å². The number of anilines is 2. The summed E-state index contributed by atoms with van der Waals surface area (Å²) in [5.41, 5.74) is -3.42. The number of halogens is 3. The highest BCUT2D eigenvalue weighted by atomic mass is 19.4. The van der Waals surface area contributed by atoms with Gasteiger partial charge in [-0.15, -0.1) is 0 Å². The predicted octanol–water partition coefficient (Wildman–Crippen LogP) is 5.12. The van der Waals surface area contributed by atoms with Crippen LogP contribution in [0.25, 0.3) is 0 Å². The van der Waals surface area contributed by atoms with E-state index in [0.29, 0.717) is 6.07 Å². The van der Waals surface area contributed by atoms with E-state index in [0.717, 1.165) is 24.3 Å². The first-order valence-electron chi connectivity index (χ1n) is 9.91. The molecule has 0 bridgehead atoms. The molecule has 1 aromatic heterocycles. The van der Waals surface area contributed by atoms with Crippen molar-refractivity contribution in [3.63, 3.8) is 0 Å². The Morgan fingerprint density at radius 2 is 1.83 bits per heavy atom. The number of nitrogens with zero attached hydrogens (tertiary/aromatic N) is 1. The summed E-state index contributed by atoms with van der Waals surface area (Å²) in [6.07, 6.45) is -3.71. The Morgan fingerprint density at radius 3 is 2.40 bits per heavy atom. The van der Waals surface area contributed by atoms with Crippen LogP contribution in [-0.4, -0.2) is 30.5 Å². The van der Waals surface area contributed by atoms with Crippen molar-refractivity contribution in [2.45, 2.75) is 13.1 Å². The van der Waals surface area contributed by atoms with Gasteiger partial charge < -0.3 is 24.5 Å². The quantitative estimate of drug-likeness (QED) is 0.329. The highest BCUT2D eigenvalue weighted by Gasteiger charge is 2.35. The smallest absolute Gasteiger partial charge is 0.418 e. The van der Waals surface area contributed by atoms with Crippen molar-refractivity contribution < 1.29 is 41.6 Å². The third-order valence-electron chi connectivity index (χ3n) is 4.60. The molecule has 35 heavy (non-hydrogen) atoms. The average molecular weight is 493 g/mol. The molecule has 1 heterocycles. The van der Waals surface area contributed by atoms with Gasteiger partial charge in [0.05, 0.1) is 42.2 Å². The van der Waals surface area contributed by atoms with Crippen molar-refractivity contribution in [1.82, 2.24) is 0 Å². The number of nitrogens with one attached hydrogen (secondary N) is 2. The van der Waals surface area contributed by atoms with Crippen LogP contribution in [0.1, 0.15) is 33.4 Å². The van der Waals surface area contributed by atoms with E-state index in [1.165, 1.54) is 25.5 Å². The van der Waals surface area contributed by atoms with Gasteiger partial charge in [0.2, 0.25) is 0 Å². The predicted molar refractivity (Wildman–Crippen MR) is 117 cm³/mol. The lowest BCUT2D eigenvalue weighted by atomic mass is 10.1. The molecule has 3 aromatic rings. The largest absolute Gasteiger partial charge is 0.493 e. The lowest BCUT2D eigenvalue weighted by Crippen LogP contribution is -2.19. The molecule has 3 rings (SSSR count). The number of rotatable bonds is 8. The number of amides is 2. The van der Waals surface area contributed by atoms with Crippen molar-refractivity contribution >= 4 is 28.9 Å². The zero-order chi connectivity index (χ0) is 25.8. The van der Waals surface area contributed by atoms with Crippen molar-refractivity contribution in [1.29, 1.82) is 0 Å². The average Bonchev–Trinajstić information content (AvgIpc) is 3.34. The Morgan fingerprint density at radius 1 is 1.09 bits per heavy atom. The summed E-state index contributed by atoms with van der Waals surface area (Å²) in [4.78, 5) is 35.5. The van der Waals surface area contributed by atoms with Gasteiger partial charge in [0.25, 0.3) is 17.5 Å². The maximum atomic E-state index is 13.7. The molecule has 0 aliphatic rings. The molecule has 0 atom stereocenters. The molecule has 0 aliphatic heterocycles. The fourth-order valence-electron chi connectivity index (χ4n) is 3.07. The molecule has 10 nitrogen and oxygen atoms in total. The van der Waals surface area contributed by atoms with Crippen LogP contribution in [0.3, 0.4) is 0 Å². The molecule has 0 fully saturated rings. The highest BCUT2D eigenvalue weighted by molar-refractivity contribution is 6.08. The van der Waals surface area contributed by atoms with Gasteiger partial charge in [0, 0.05) is 11.8 Å². The molecule has 0 saturated carbocycles. The number of benzene rings is 2. The zero-order valence-electron chi connectivity index (χ0n) is 18.3. The zero-order valence-corrected chi connectivity index (χ0v) is 18.3. The van der Waals surface area contributed by atoms with Crippen LogP contribution in [0, 0.1) is 10.1 Å². The van der Waals surface area contributed by atoms with E-state index >= 15 is 0 Å². The summed E-state index contributed by atoms with van der Waals surface area (Å²) in [5, 5.41) is 15.8. The minimum Gasteiger partial charge on any atom is -0.493 e. The molecule has 13 heteroatoms. The van der Waals surface area contributed by atoms with E-state index in [-0.39, 0.29) is 29.6 Å². The van der Waals surface area contributed by atoms with E-state index in [1.807, 2.05) is 0 Å². The van der Waals surface area contributed by atoms with E-state index in [4.69, 9.17) is 13.9 Å². The Balaban J connectivity index is 1.97. The van der Waals surface area contributed by atoms with E-state index in [2.05, 4.69) is 10.6 Å². The molecular formula is C22H18F3N3O7. The highest BCUT2D eigenvalue weighted by Crippen LogP contribution is 2.38. The summed E-state index contributed by atoms with van der Waals surface area (Å²) >= 11 is 0. The summed E-state index contributed by atoms with van der Waals surface area (Å²) in [6, 6.07) is 7.37. The third kappa shape index (κ3) is 5.69. The summed E-state index contributed by atoms with van der Waals surface area (Å²) < 4.78 is 56.4. The Hall–Kier alpha value is -4.55. The number of carbonyl (C=O) groups is 2. The molecule has 2 amide bonds. The van der Waals surface area contributed by atoms with Gasteiger partial charge in [-0.25, -0.2) is 0 Å². The second kappa shape index (κ2) is 10.2. The van der Waals surface area contributed by atoms with Crippen LogP contribution in [-0.2, 0) is 6.18 Å². The number of carbonyl (C=O) groups excluding carboxylic acids is 2. The fraction of sp³-hybridized carbons (Fsp3) is 0.182. The number of alkyl halides is 3. The molecule has 184 valence electrons. The first-order chi connectivity index (χ1) is 16.5. The van der Waals surface area contributed by atoms with E-state index in [9.17, 15) is 32.9 Å². The molecule has 2 aromatic carbocycles. The summed E-state index contributed by atoms with van der Waals surface area (Å²) in [5.74, 6) is -2.11. The molecule has 0 saturated heterocycles. The number of furan rings is 1. The summed E-state index contributed by atoms with van der Waals surface area (Å²) in [7, 11) is 1.24. The van der Waals surface area contributed by atoms with E-state index in [1.54, 1.807) is 6.92 Å². The second-order valence-electron chi connectivity index (χ2n) is 6.85. The van der Waals surface area contributed by atoms with Gasteiger partial charge in [-0.2, -0.15) is 13.2 Å². The Kier molecular flexibility index (Phi) is 7.28. The Labute approximate surface area is 195 Å². The molecule has 0 unspecified atom stereocenters. The molecule has 2 N–H and O–H groups in total. The summed E-state index contributed by atoms with van der Waals surface area (Å²) in [6.45, 7) is 1.76. The number of nitro groups is 1. The third-order valence-corrected chi connectivity index (χ3v) is 4.60. The molecule has 0 radical (unpaired) electrons. The first kappa shape index (κ1) is 25.1. The standard InChI is InChI=1S/C22H18F3N3O7/c1-3-34-19-10-13(16(28(31)32)11-18(19)33-2)20(29)27-15-7-6-12(9-14(15)22(23,24)25)26-21(30)17-5-4-8-35-17/h4-11H,3H2,1-2H3,(H,26,30)(H,27,29). The van der Waals surface area contributed by atoms with Crippen molar-refractivity contribution in [2.75, 3.05) is 24.4 Å². The van der Waals surface area contributed by atoms with Gasteiger partial charge in [0.1, 0.15) is 5.56 Å². The number of ether oxygens (including phenoxy) is 2. The number of hydrogen-bond donors (Lipinski definition) is 2. The van der Waals surface area contributed by atoms with Crippen molar-refractivity contribution in [3.05, 3.63) is 75.7 Å². The monoisotopic (exact) mass is 493 g/mol. The van der Waals surface area contributed by atoms with Gasteiger partial charge in [-0.05, 0) is 37.3 Å². The minimum atomic E-state index is -4.93.